The summed E-state index contributed by atoms with van der Waals surface area (Å²) in [4.78, 5) is 1.23. The molecule has 0 aliphatic heterocycles. The Morgan fingerprint density at radius 2 is 2.41 bits per heavy atom. The van der Waals surface area contributed by atoms with E-state index in [-0.39, 0.29) is 6.04 Å². The lowest BCUT2D eigenvalue weighted by atomic mass is 10.1. The van der Waals surface area contributed by atoms with Crippen molar-refractivity contribution in [3.05, 3.63) is 39.3 Å². The lowest BCUT2D eigenvalue weighted by Crippen LogP contribution is -2.20. The van der Waals surface area contributed by atoms with Crippen LogP contribution in [-0.2, 0) is 6.54 Å². The summed E-state index contributed by atoms with van der Waals surface area (Å²) in [6, 6.07) is 6.04. The first-order chi connectivity index (χ1) is 8.22. The number of rotatable bonds is 4. The van der Waals surface area contributed by atoms with Crippen molar-refractivity contribution in [1.82, 2.24) is 15.5 Å². The number of hydrogen-bond donors (Lipinski definition) is 2. The van der Waals surface area contributed by atoms with Gasteiger partial charge < -0.3 is 0 Å². The van der Waals surface area contributed by atoms with Crippen LogP contribution in [0.25, 0.3) is 0 Å². The van der Waals surface area contributed by atoms with Crippen LogP contribution >= 0.6 is 11.3 Å². The highest BCUT2D eigenvalue weighted by Gasteiger charge is 2.17. The fourth-order valence-electron chi connectivity index (χ4n) is 1.81. The number of aromatic nitrogens is 2. The third kappa shape index (κ3) is 2.54. The molecule has 1 unspecified atom stereocenters. The molecule has 0 amide bonds. The highest BCUT2D eigenvalue weighted by molar-refractivity contribution is 7.09. The van der Waals surface area contributed by atoms with Gasteiger partial charge in [0.05, 0.1) is 11.8 Å². The first-order valence-corrected chi connectivity index (χ1v) is 6.27. The van der Waals surface area contributed by atoms with E-state index in [1.54, 1.807) is 11.3 Å². The zero-order valence-corrected chi connectivity index (χ0v) is 10.6. The second-order valence-electron chi connectivity index (χ2n) is 3.87. The highest BCUT2D eigenvalue weighted by Crippen LogP contribution is 2.20. The molecule has 2 rings (SSSR count). The number of aryl methyl sites for hydroxylation is 2. The van der Waals surface area contributed by atoms with Crippen molar-refractivity contribution in [2.75, 3.05) is 0 Å². The molecule has 2 aromatic heterocycles. The monoisotopic (exact) mass is 246 g/mol. The van der Waals surface area contributed by atoms with Crippen molar-refractivity contribution in [1.29, 1.82) is 5.26 Å². The van der Waals surface area contributed by atoms with Crippen molar-refractivity contribution >= 4 is 11.3 Å². The maximum absolute atomic E-state index is 9.22. The van der Waals surface area contributed by atoms with Gasteiger partial charge in [-0.3, -0.25) is 10.4 Å². The Kier molecular flexibility index (Phi) is 3.57. The summed E-state index contributed by atoms with van der Waals surface area (Å²) in [5.74, 6) is 0. The van der Waals surface area contributed by atoms with Crippen LogP contribution in [0.5, 0.6) is 0 Å². The molecular formula is C12H14N4S. The van der Waals surface area contributed by atoms with Crippen LogP contribution in [0.4, 0.5) is 0 Å². The zero-order valence-electron chi connectivity index (χ0n) is 9.82. The van der Waals surface area contributed by atoms with E-state index in [1.807, 2.05) is 25.3 Å². The number of aromatic amines is 1. The Balaban J connectivity index is 2.10. The second-order valence-corrected chi connectivity index (χ2v) is 4.90. The van der Waals surface area contributed by atoms with E-state index in [9.17, 15) is 5.26 Å². The van der Waals surface area contributed by atoms with Crippen molar-refractivity contribution in [2.24, 2.45) is 0 Å². The zero-order chi connectivity index (χ0) is 12.3. The topological polar surface area (TPSA) is 64.5 Å². The molecule has 2 aromatic rings. The van der Waals surface area contributed by atoms with Crippen molar-refractivity contribution in [3.8, 4) is 6.07 Å². The Morgan fingerprint density at radius 3 is 2.94 bits per heavy atom. The van der Waals surface area contributed by atoms with Gasteiger partial charge in [0, 0.05) is 22.7 Å². The average molecular weight is 246 g/mol. The highest BCUT2D eigenvalue weighted by atomic mass is 32.1. The molecule has 0 aromatic carbocycles. The van der Waals surface area contributed by atoms with Crippen molar-refractivity contribution in [3.63, 3.8) is 0 Å². The molecule has 0 aliphatic carbocycles. The molecule has 4 nitrogen and oxygen atoms in total. The second kappa shape index (κ2) is 5.13. The molecule has 0 fully saturated rings. The predicted molar refractivity (Wildman–Crippen MR) is 67.6 cm³/mol. The third-order valence-corrected chi connectivity index (χ3v) is 3.54. The molecule has 0 spiro atoms. The minimum absolute atomic E-state index is 0.309. The fraction of sp³-hybridized carbons (Fsp3) is 0.333. The first kappa shape index (κ1) is 11.8. The van der Waals surface area contributed by atoms with E-state index in [2.05, 4.69) is 27.6 Å². The number of H-pyrrole nitrogens is 1. The molecule has 0 saturated carbocycles. The van der Waals surface area contributed by atoms with Gasteiger partial charge in [0.15, 0.2) is 0 Å². The Hall–Kier alpha value is -1.64. The van der Waals surface area contributed by atoms with Crippen LogP contribution in [0.2, 0.25) is 0 Å². The van der Waals surface area contributed by atoms with E-state index >= 15 is 0 Å². The molecule has 0 saturated heterocycles. The molecule has 88 valence electrons. The summed E-state index contributed by atoms with van der Waals surface area (Å²) in [6.45, 7) is 4.56. The molecule has 0 bridgehead atoms. The first-order valence-electron chi connectivity index (χ1n) is 5.39. The van der Waals surface area contributed by atoms with Gasteiger partial charge in [-0.2, -0.15) is 10.4 Å². The van der Waals surface area contributed by atoms with Gasteiger partial charge in [-0.05, 0) is 25.3 Å². The van der Waals surface area contributed by atoms with E-state index in [4.69, 9.17) is 0 Å². The van der Waals surface area contributed by atoms with E-state index < -0.39 is 0 Å². The van der Waals surface area contributed by atoms with Crippen molar-refractivity contribution in [2.45, 2.75) is 26.4 Å². The number of nitrogens with zero attached hydrogens (tertiary/aromatic N) is 2. The number of hydrogen-bond acceptors (Lipinski definition) is 4. The molecule has 5 heteroatoms. The Labute approximate surface area is 104 Å². The van der Waals surface area contributed by atoms with E-state index in [0.29, 0.717) is 6.54 Å². The predicted octanol–water partition coefficient (Wildman–Crippen LogP) is 2.44. The minimum atomic E-state index is -0.309. The lowest BCUT2D eigenvalue weighted by Gasteiger charge is -2.11. The molecular weight excluding hydrogens is 232 g/mol. The van der Waals surface area contributed by atoms with Gasteiger partial charge >= 0.3 is 0 Å². The molecule has 17 heavy (non-hydrogen) atoms. The Morgan fingerprint density at radius 1 is 1.59 bits per heavy atom. The van der Waals surface area contributed by atoms with Crippen LogP contribution in [-0.4, -0.2) is 10.2 Å². The summed E-state index contributed by atoms with van der Waals surface area (Å²) in [5, 5.41) is 21.5. The maximum Gasteiger partial charge on any atom is 0.125 e. The number of thiophene rings is 1. The number of nitriles is 1. The molecule has 2 heterocycles. The van der Waals surface area contributed by atoms with E-state index in [1.165, 1.54) is 4.88 Å². The molecule has 2 N–H and O–H groups in total. The van der Waals surface area contributed by atoms with Crippen LogP contribution in [0, 0.1) is 25.2 Å². The van der Waals surface area contributed by atoms with Gasteiger partial charge in [0.1, 0.15) is 6.04 Å². The normalized spacial score (nSPS) is 12.3. The van der Waals surface area contributed by atoms with E-state index in [0.717, 1.165) is 17.0 Å². The van der Waals surface area contributed by atoms with Crippen LogP contribution in [0.15, 0.2) is 17.5 Å². The minimum Gasteiger partial charge on any atom is -0.293 e. The van der Waals surface area contributed by atoms with Crippen LogP contribution in [0.1, 0.15) is 27.9 Å². The van der Waals surface area contributed by atoms with Gasteiger partial charge in [-0.15, -0.1) is 11.3 Å². The number of nitrogens with one attached hydrogen (secondary N) is 2. The molecule has 0 radical (unpaired) electrons. The summed E-state index contributed by atoms with van der Waals surface area (Å²) in [7, 11) is 0. The quantitative estimate of drug-likeness (QED) is 0.871. The van der Waals surface area contributed by atoms with Gasteiger partial charge in [0.2, 0.25) is 0 Å². The standard InChI is InChI=1S/C12H14N4S/c1-8-12(9(2)16-15-8)11(6-13)14-7-10-4-3-5-17-10/h3-5,11,14H,7H2,1-2H3,(H,15,16). The smallest absolute Gasteiger partial charge is 0.125 e. The fourth-order valence-corrected chi connectivity index (χ4v) is 2.47. The lowest BCUT2D eigenvalue weighted by molar-refractivity contribution is 0.630. The average Bonchev–Trinajstić information content (AvgIpc) is 2.93. The largest absolute Gasteiger partial charge is 0.293 e. The molecule has 1 atom stereocenters. The summed E-state index contributed by atoms with van der Waals surface area (Å²) in [5.41, 5.74) is 2.80. The SMILES string of the molecule is Cc1n[nH]c(C)c1C(C#N)NCc1cccs1. The summed E-state index contributed by atoms with van der Waals surface area (Å²) in [6.07, 6.45) is 0. The van der Waals surface area contributed by atoms with Gasteiger partial charge in [-0.25, -0.2) is 0 Å². The summed E-state index contributed by atoms with van der Waals surface area (Å²) < 4.78 is 0. The third-order valence-electron chi connectivity index (χ3n) is 2.66. The van der Waals surface area contributed by atoms with Crippen LogP contribution < -0.4 is 5.32 Å². The van der Waals surface area contributed by atoms with Crippen molar-refractivity contribution < 1.29 is 0 Å². The van der Waals surface area contributed by atoms with Gasteiger partial charge in [0.25, 0.3) is 0 Å². The Bertz CT molecular complexity index is 502. The summed E-state index contributed by atoms with van der Waals surface area (Å²) >= 11 is 1.69. The maximum atomic E-state index is 9.22. The van der Waals surface area contributed by atoms with Gasteiger partial charge in [-0.1, -0.05) is 6.07 Å². The molecule has 0 aliphatic rings. The van der Waals surface area contributed by atoms with Crippen LogP contribution in [0.3, 0.4) is 0 Å².